The predicted octanol–water partition coefficient (Wildman–Crippen LogP) is 4.91. The molecule has 4 rings (SSSR count). The summed E-state index contributed by atoms with van der Waals surface area (Å²) in [6, 6.07) is 19.7. The number of carbonyl (C=O) groups is 2. The van der Waals surface area contributed by atoms with E-state index in [4.69, 9.17) is 21.1 Å². The zero-order valence-electron chi connectivity index (χ0n) is 17.8. The van der Waals surface area contributed by atoms with Crippen LogP contribution in [-0.4, -0.2) is 29.9 Å². The maximum atomic E-state index is 12.9. The first-order valence-electron chi connectivity index (χ1n) is 10.2. The fraction of sp³-hybridized carbons (Fsp3) is 0.200. The number of carbonyl (C=O) groups excluding carboxylic acids is 2. The first-order chi connectivity index (χ1) is 15.4. The number of rotatable bonds is 5. The summed E-state index contributed by atoms with van der Waals surface area (Å²) >= 11 is 5.98. The van der Waals surface area contributed by atoms with Gasteiger partial charge in [-0.1, -0.05) is 23.7 Å². The van der Waals surface area contributed by atoms with E-state index in [9.17, 15) is 9.59 Å². The molecule has 7 heteroatoms. The Kier molecular flexibility index (Phi) is 6.32. The molecule has 0 fully saturated rings. The zero-order chi connectivity index (χ0) is 22.7. The van der Waals surface area contributed by atoms with Gasteiger partial charge in [0.1, 0.15) is 11.5 Å². The summed E-state index contributed by atoms with van der Waals surface area (Å²) in [6.07, 6.45) is -0.608. The van der Waals surface area contributed by atoms with Crippen molar-refractivity contribution in [1.29, 1.82) is 0 Å². The van der Waals surface area contributed by atoms with Gasteiger partial charge in [-0.3, -0.25) is 9.59 Å². The third-order valence-electron chi connectivity index (χ3n) is 5.28. The highest BCUT2D eigenvalue weighted by Crippen LogP contribution is 2.30. The van der Waals surface area contributed by atoms with Crippen molar-refractivity contribution in [3.8, 4) is 11.5 Å². The smallest absolute Gasteiger partial charge is 0.263 e. The molecule has 1 aliphatic heterocycles. The maximum absolute atomic E-state index is 12.9. The highest BCUT2D eigenvalue weighted by Gasteiger charge is 2.28. The van der Waals surface area contributed by atoms with Crippen LogP contribution in [0, 0.1) is 0 Å². The first kappa shape index (κ1) is 21.7. The number of fused-ring (bicyclic) bond motifs is 1. The lowest BCUT2D eigenvalue weighted by Crippen LogP contribution is -2.37. The Bertz CT molecular complexity index is 1130. The molecule has 0 radical (unpaired) electrons. The molecule has 164 valence electrons. The van der Waals surface area contributed by atoms with Crippen LogP contribution in [0.15, 0.2) is 66.7 Å². The second-order valence-electron chi connectivity index (χ2n) is 7.59. The normalized spacial score (nSPS) is 15.4. The molecule has 1 aliphatic rings. The van der Waals surface area contributed by atoms with Gasteiger partial charge in [0.25, 0.3) is 11.8 Å². The van der Waals surface area contributed by atoms with Gasteiger partial charge < -0.3 is 19.7 Å². The van der Waals surface area contributed by atoms with Gasteiger partial charge in [-0.25, -0.2) is 0 Å². The number of nitrogens with one attached hydrogen (secondary N) is 1. The molecule has 0 saturated heterocycles. The van der Waals surface area contributed by atoms with Crippen molar-refractivity contribution in [3.63, 3.8) is 0 Å². The van der Waals surface area contributed by atoms with Crippen LogP contribution < -0.4 is 14.8 Å². The van der Waals surface area contributed by atoms with Gasteiger partial charge in [-0.2, -0.15) is 0 Å². The summed E-state index contributed by atoms with van der Waals surface area (Å²) in [5.74, 6) is 0.986. The molecule has 2 amide bonds. The molecule has 0 aromatic heterocycles. The number of halogens is 1. The molecule has 6 nitrogen and oxygen atoms in total. The van der Waals surface area contributed by atoms with Crippen molar-refractivity contribution in [1.82, 2.24) is 4.90 Å². The van der Waals surface area contributed by atoms with E-state index in [0.717, 1.165) is 11.1 Å². The average molecular weight is 451 g/mol. The molecular weight excluding hydrogens is 428 g/mol. The topological polar surface area (TPSA) is 67.9 Å². The van der Waals surface area contributed by atoms with Gasteiger partial charge in [-0.15, -0.1) is 0 Å². The minimum absolute atomic E-state index is 0.0973. The SMILES string of the molecule is COc1ccc(C(=O)Nc2ccc3c(c2)CN(Cc2ccc(Cl)cc2)C(=O)[C@H](C)O3)cc1. The summed E-state index contributed by atoms with van der Waals surface area (Å²) in [5.41, 5.74) is 2.94. The summed E-state index contributed by atoms with van der Waals surface area (Å²) in [7, 11) is 1.58. The third kappa shape index (κ3) is 4.86. The molecule has 3 aromatic carbocycles. The van der Waals surface area contributed by atoms with Crippen molar-refractivity contribution >= 4 is 29.1 Å². The van der Waals surface area contributed by atoms with E-state index < -0.39 is 6.10 Å². The molecule has 1 N–H and O–H groups in total. The summed E-state index contributed by atoms with van der Waals surface area (Å²) in [5, 5.41) is 3.55. The number of methoxy groups -OCH3 is 1. The van der Waals surface area contributed by atoms with Crippen molar-refractivity contribution in [2.75, 3.05) is 12.4 Å². The molecule has 3 aromatic rings. The second-order valence-corrected chi connectivity index (χ2v) is 8.02. The van der Waals surface area contributed by atoms with Gasteiger partial charge in [0.15, 0.2) is 6.10 Å². The van der Waals surface area contributed by atoms with Gasteiger partial charge in [-0.05, 0) is 67.1 Å². The van der Waals surface area contributed by atoms with Crippen LogP contribution in [0.1, 0.15) is 28.4 Å². The molecule has 0 unspecified atom stereocenters. The number of anilines is 1. The molecule has 32 heavy (non-hydrogen) atoms. The number of amides is 2. The lowest BCUT2D eigenvalue weighted by molar-refractivity contribution is -0.138. The zero-order valence-corrected chi connectivity index (χ0v) is 18.6. The Labute approximate surface area is 191 Å². The quantitative estimate of drug-likeness (QED) is 0.599. The molecule has 0 spiro atoms. The minimum Gasteiger partial charge on any atom is -0.497 e. The predicted molar refractivity (Wildman–Crippen MR) is 123 cm³/mol. The largest absolute Gasteiger partial charge is 0.497 e. The number of hydrogen-bond acceptors (Lipinski definition) is 4. The Morgan fingerprint density at radius 3 is 2.53 bits per heavy atom. The monoisotopic (exact) mass is 450 g/mol. The summed E-state index contributed by atoms with van der Waals surface area (Å²) < 4.78 is 11.0. The van der Waals surface area contributed by atoms with Crippen LogP contribution in [-0.2, 0) is 17.9 Å². The van der Waals surface area contributed by atoms with Crippen molar-refractivity contribution in [3.05, 3.63) is 88.4 Å². The molecule has 1 atom stereocenters. The summed E-state index contributed by atoms with van der Waals surface area (Å²) in [6.45, 7) is 2.55. The van der Waals surface area contributed by atoms with E-state index in [1.165, 1.54) is 0 Å². The van der Waals surface area contributed by atoms with Crippen LogP contribution in [0.5, 0.6) is 11.5 Å². The van der Waals surface area contributed by atoms with Gasteiger partial charge in [0.05, 0.1) is 7.11 Å². The molecular formula is C25H23ClN2O4. The lowest BCUT2D eigenvalue weighted by atomic mass is 10.1. The first-order valence-corrected chi connectivity index (χ1v) is 10.6. The van der Waals surface area contributed by atoms with E-state index in [-0.39, 0.29) is 11.8 Å². The van der Waals surface area contributed by atoms with E-state index in [0.29, 0.717) is 40.9 Å². The van der Waals surface area contributed by atoms with Gasteiger partial charge >= 0.3 is 0 Å². The number of benzene rings is 3. The van der Waals surface area contributed by atoms with Crippen LogP contribution in [0.25, 0.3) is 0 Å². The van der Waals surface area contributed by atoms with Crippen molar-refractivity contribution in [2.24, 2.45) is 0 Å². The van der Waals surface area contributed by atoms with Crippen LogP contribution >= 0.6 is 11.6 Å². The Hall–Kier alpha value is -3.51. The standard InChI is InChI=1S/C25H23ClN2O4/c1-16-25(30)28(14-17-3-7-20(26)8-4-17)15-19-13-21(9-12-23(19)32-16)27-24(29)18-5-10-22(31-2)11-6-18/h3-13,16H,14-15H2,1-2H3,(H,27,29)/t16-/m0/s1. The van der Waals surface area contributed by atoms with Crippen molar-refractivity contribution < 1.29 is 19.1 Å². The average Bonchev–Trinajstić information content (AvgIpc) is 2.91. The maximum Gasteiger partial charge on any atom is 0.263 e. The fourth-order valence-corrected chi connectivity index (χ4v) is 3.69. The number of nitrogens with zero attached hydrogens (tertiary/aromatic N) is 1. The van der Waals surface area contributed by atoms with Gasteiger partial charge in [0, 0.05) is 34.9 Å². The number of hydrogen-bond donors (Lipinski definition) is 1. The number of ether oxygens (including phenoxy) is 2. The van der Waals surface area contributed by atoms with Crippen LogP contribution in [0.4, 0.5) is 5.69 Å². The van der Waals surface area contributed by atoms with Crippen molar-refractivity contribution in [2.45, 2.75) is 26.1 Å². The highest BCUT2D eigenvalue weighted by molar-refractivity contribution is 6.30. The second kappa shape index (κ2) is 9.32. The Balaban J connectivity index is 1.54. The van der Waals surface area contributed by atoms with E-state index >= 15 is 0 Å². The fourth-order valence-electron chi connectivity index (χ4n) is 3.57. The van der Waals surface area contributed by atoms with Crippen LogP contribution in [0.2, 0.25) is 5.02 Å². The minimum atomic E-state index is -0.608. The highest BCUT2D eigenvalue weighted by atomic mass is 35.5. The summed E-state index contributed by atoms with van der Waals surface area (Å²) in [4.78, 5) is 27.3. The van der Waals surface area contributed by atoms with Gasteiger partial charge in [0.2, 0.25) is 0 Å². The van der Waals surface area contributed by atoms with E-state index in [2.05, 4.69) is 5.32 Å². The van der Waals surface area contributed by atoms with E-state index in [1.54, 1.807) is 67.5 Å². The molecule has 0 aliphatic carbocycles. The molecule has 0 saturated carbocycles. The van der Waals surface area contributed by atoms with E-state index in [1.807, 2.05) is 18.2 Å². The molecule has 1 heterocycles. The third-order valence-corrected chi connectivity index (χ3v) is 5.53. The lowest BCUT2D eigenvalue weighted by Gasteiger charge is -2.22. The Morgan fingerprint density at radius 2 is 1.84 bits per heavy atom. The molecule has 0 bridgehead atoms. The van der Waals surface area contributed by atoms with Crippen LogP contribution in [0.3, 0.4) is 0 Å². The Morgan fingerprint density at radius 1 is 1.12 bits per heavy atom.